The molecule has 43 heavy (non-hydrogen) atoms. The molecular formula is C33H69N2O7P. The molecule has 4 unspecified atom stereocenters. The van der Waals surface area contributed by atoms with Gasteiger partial charge in [-0.1, -0.05) is 149 Å². The van der Waals surface area contributed by atoms with E-state index in [9.17, 15) is 24.5 Å². The Morgan fingerprint density at radius 2 is 1.12 bits per heavy atom. The number of aliphatic hydroxyl groups excluding tert-OH is 2. The SMILES string of the molecule is CCCCCCCCCCCCCCCC(O)CC(=O)NC(COP(=O)(O)OCCN)C(O)CCCCCCCCCC. The molecule has 0 spiro atoms. The van der Waals surface area contributed by atoms with E-state index in [2.05, 4.69) is 19.2 Å². The Balaban J connectivity index is 4.34. The van der Waals surface area contributed by atoms with Crippen molar-refractivity contribution in [2.45, 2.75) is 186 Å². The standard InChI is InChI=1S/C33H69N2O7P/c1-3-5-7-9-11-13-14-15-16-17-18-20-22-24-30(36)28-33(38)35-31(29-42-43(39,40)41-27-26-34)32(37)25-23-21-19-12-10-8-6-4-2/h30-32,36-37H,3-29,34H2,1-2H3,(H,35,38)(H,39,40). The summed E-state index contributed by atoms with van der Waals surface area (Å²) in [4.78, 5) is 22.5. The van der Waals surface area contributed by atoms with Crippen molar-refractivity contribution < 1.29 is 33.5 Å². The quantitative estimate of drug-likeness (QED) is 0.0363. The highest BCUT2D eigenvalue weighted by atomic mass is 31.2. The maximum absolute atomic E-state index is 12.7. The van der Waals surface area contributed by atoms with E-state index >= 15 is 0 Å². The lowest BCUT2D eigenvalue weighted by Crippen LogP contribution is -2.47. The first-order valence-electron chi connectivity index (χ1n) is 17.7. The number of aliphatic hydroxyl groups is 2. The van der Waals surface area contributed by atoms with Crippen LogP contribution in [-0.2, 0) is 18.4 Å². The van der Waals surface area contributed by atoms with Gasteiger partial charge in [-0.15, -0.1) is 0 Å². The van der Waals surface area contributed by atoms with E-state index in [0.717, 1.165) is 38.5 Å². The molecule has 0 bridgehead atoms. The van der Waals surface area contributed by atoms with Gasteiger partial charge in [-0.25, -0.2) is 4.57 Å². The van der Waals surface area contributed by atoms with E-state index in [0.29, 0.717) is 12.8 Å². The second-order valence-electron chi connectivity index (χ2n) is 12.3. The first kappa shape index (κ1) is 42.5. The highest BCUT2D eigenvalue weighted by Gasteiger charge is 2.28. The molecule has 1 amide bonds. The predicted octanol–water partition coefficient (Wildman–Crippen LogP) is 7.69. The summed E-state index contributed by atoms with van der Waals surface area (Å²) < 4.78 is 21.9. The number of hydrogen-bond donors (Lipinski definition) is 5. The summed E-state index contributed by atoms with van der Waals surface area (Å²) in [7, 11) is -4.35. The average Bonchev–Trinajstić information content (AvgIpc) is 2.97. The van der Waals surface area contributed by atoms with E-state index in [1.807, 2.05) is 0 Å². The van der Waals surface area contributed by atoms with Crippen LogP contribution in [0.4, 0.5) is 0 Å². The average molecular weight is 637 g/mol. The van der Waals surface area contributed by atoms with Crippen LogP contribution in [0.5, 0.6) is 0 Å². The molecule has 0 fully saturated rings. The van der Waals surface area contributed by atoms with Gasteiger partial charge in [-0.2, -0.15) is 0 Å². The molecule has 0 aromatic carbocycles. The van der Waals surface area contributed by atoms with E-state index in [1.54, 1.807) is 0 Å². The largest absolute Gasteiger partial charge is 0.472 e. The molecule has 9 nitrogen and oxygen atoms in total. The summed E-state index contributed by atoms with van der Waals surface area (Å²) in [6, 6.07) is -0.887. The summed E-state index contributed by atoms with van der Waals surface area (Å²) in [5.74, 6) is -0.415. The highest BCUT2D eigenvalue weighted by Crippen LogP contribution is 2.43. The highest BCUT2D eigenvalue weighted by molar-refractivity contribution is 7.47. The van der Waals surface area contributed by atoms with Crippen LogP contribution in [0.2, 0.25) is 0 Å². The summed E-state index contributed by atoms with van der Waals surface area (Å²) in [6.07, 6.45) is 24.4. The first-order chi connectivity index (χ1) is 20.8. The molecule has 0 rings (SSSR count). The maximum Gasteiger partial charge on any atom is 0.472 e. The Kier molecular flexibility index (Phi) is 29.8. The van der Waals surface area contributed by atoms with Gasteiger partial charge in [-0.05, 0) is 12.8 Å². The molecular weight excluding hydrogens is 567 g/mol. The van der Waals surface area contributed by atoms with E-state index in [1.165, 1.54) is 96.3 Å². The molecule has 0 saturated heterocycles. The van der Waals surface area contributed by atoms with Gasteiger partial charge in [0.2, 0.25) is 5.91 Å². The Morgan fingerprint density at radius 3 is 1.56 bits per heavy atom. The fourth-order valence-electron chi connectivity index (χ4n) is 5.30. The van der Waals surface area contributed by atoms with Crippen molar-refractivity contribution in [3.05, 3.63) is 0 Å². The molecule has 258 valence electrons. The fraction of sp³-hybridized carbons (Fsp3) is 0.970. The van der Waals surface area contributed by atoms with Crippen LogP contribution in [0.25, 0.3) is 0 Å². The van der Waals surface area contributed by atoms with E-state index in [4.69, 9.17) is 14.8 Å². The Bertz CT molecular complexity index is 671. The van der Waals surface area contributed by atoms with Crippen LogP contribution in [0.15, 0.2) is 0 Å². The Labute approximate surface area is 264 Å². The van der Waals surface area contributed by atoms with Crippen LogP contribution < -0.4 is 11.1 Å². The zero-order valence-electron chi connectivity index (χ0n) is 27.8. The minimum absolute atomic E-state index is 0.0618. The molecule has 10 heteroatoms. The molecule has 0 radical (unpaired) electrons. The van der Waals surface area contributed by atoms with Gasteiger partial charge < -0.3 is 26.2 Å². The second kappa shape index (κ2) is 30.1. The number of unbranched alkanes of at least 4 members (excludes halogenated alkanes) is 19. The number of amides is 1. The first-order valence-corrected chi connectivity index (χ1v) is 19.2. The van der Waals surface area contributed by atoms with Crippen LogP contribution in [0, 0.1) is 0 Å². The Morgan fingerprint density at radius 1 is 0.698 bits per heavy atom. The van der Waals surface area contributed by atoms with E-state index in [-0.39, 0.29) is 26.2 Å². The molecule has 6 N–H and O–H groups in total. The number of nitrogens with one attached hydrogen (secondary N) is 1. The number of hydrogen-bond acceptors (Lipinski definition) is 7. The van der Waals surface area contributed by atoms with Crippen LogP contribution in [0.3, 0.4) is 0 Å². The second-order valence-corrected chi connectivity index (χ2v) is 13.7. The van der Waals surface area contributed by atoms with Gasteiger partial charge in [0.1, 0.15) is 0 Å². The summed E-state index contributed by atoms with van der Waals surface area (Å²) in [5, 5.41) is 23.9. The molecule has 4 atom stereocenters. The van der Waals surface area contributed by atoms with Crippen LogP contribution >= 0.6 is 7.82 Å². The lowest BCUT2D eigenvalue weighted by molar-refractivity contribution is -0.125. The topological polar surface area (TPSA) is 151 Å². The van der Waals surface area contributed by atoms with Gasteiger partial charge in [0.25, 0.3) is 0 Å². The van der Waals surface area contributed by atoms with Gasteiger partial charge >= 0.3 is 7.82 Å². The van der Waals surface area contributed by atoms with Crippen LogP contribution in [0.1, 0.15) is 168 Å². The lowest BCUT2D eigenvalue weighted by atomic mass is 10.0. The molecule has 0 heterocycles. The van der Waals surface area contributed by atoms with Gasteiger partial charge in [0.05, 0.1) is 37.9 Å². The van der Waals surface area contributed by atoms with Crippen molar-refractivity contribution in [1.82, 2.24) is 5.32 Å². The molecule has 0 aliphatic carbocycles. The smallest absolute Gasteiger partial charge is 0.393 e. The molecule has 0 saturated carbocycles. The number of carbonyl (C=O) groups excluding carboxylic acids is 1. The summed E-state index contributed by atoms with van der Waals surface area (Å²) in [5.41, 5.74) is 5.33. The predicted molar refractivity (Wildman–Crippen MR) is 177 cm³/mol. The monoisotopic (exact) mass is 636 g/mol. The zero-order valence-corrected chi connectivity index (χ0v) is 28.7. The van der Waals surface area contributed by atoms with Crippen molar-refractivity contribution in [3.8, 4) is 0 Å². The zero-order chi connectivity index (χ0) is 32.0. The third kappa shape index (κ3) is 28.7. The van der Waals surface area contributed by atoms with E-state index < -0.39 is 32.0 Å². The molecule has 0 aliphatic rings. The Hall–Kier alpha value is -0.540. The third-order valence-corrected chi connectivity index (χ3v) is 9.00. The van der Waals surface area contributed by atoms with Crippen molar-refractivity contribution in [1.29, 1.82) is 0 Å². The third-order valence-electron chi connectivity index (χ3n) is 8.02. The summed E-state index contributed by atoms with van der Waals surface area (Å²) in [6.45, 7) is 3.99. The van der Waals surface area contributed by atoms with Crippen molar-refractivity contribution in [2.24, 2.45) is 5.73 Å². The number of phosphoric acid groups is 1. The number of nitrogens with two attached hydrogens (primary N) is 1. The van der Waals surface area contributed by atoms with Crippen molar-refractivity contribution >= 4 is 13.7 Å². The normalized spacial score (nSPS) is 15.2. The van der Waals surface area contributed by atoms with Crippen LogP contribution in [-0.4, -0.2) is 59.0 Å². The minimum atomic E-state index is -4.35. The lowest BCUT2D eigenvalue weighted by Gasteiger charge is -2.25. The van der Waals surface area contributed by atoms with Crippen molar-refractivity contribution in [3.63, 3.8) is 0 Å². The van der Waals surface area contributed by atoms with Crippen molar-refractivity contribution in [2.75, 3.05) is 19.8 Å². The minimum Gasteiger partial charge on any atom is -0.393 e. The maximum atomic E-state index is 12.7. The number of carbonyl (C=O) groups is 1. The molecule has 0 aromatic heterocycles. The summed E-state index contributed by atoms with van der Waals surface area (Å²) >= 11 is 0. The number of phosphoric ester groups is 1. The van der Waals surface area contributed by atoms with Gasteiger partial charge in [0, 0.05) is 6.54 Å². The van der Waals surface area contributed by atoms with Gasteiger partial charge in [0.15, 0.2) is 0 Å². The van der Waals surface area contributed by atoms with Gasteiger partial charge in [-0.3, -0.25) is 13.8 Å². The molecule has 0 aliphatic heterocycles. The molecule has 0 aromatic rings. The number of rotatable bonds is 33. The fourth-order valence-corrected chi connectivity index (χ4v) is 6.06.